The second kappa shape index (κ2) is 6.07. The highest BCUT2D eigenvalue weighted by Gasteiger charge is 2.16. The number of amides is 1. The number of carbonyl (C=O) groups excluding carboxylic acids is 2. The standard InChI is InChI=1S/C13H14N2O2S/c1-8(14)11(9(2)16)13(18)15-12(17)10-6-4-3-5-7-10/h3-7H,14H2,1-2H3,(H,15,17,18)/b11-8-. The number of hydrogen-bond acceptors (Lipinski definition) is 4. The number of ketones is 1. The van der Waals surface area contributed by atoms with Crippen LogP contribution in [0.2, 0.25) is 0 Å². The summed E-state index contributed by atoms with van der Waals surface area (Å²) in [7, 11) is 0. The molecule has 3 N–H and O–H groups in total. The van der Waals surface area contributed by atoms with Crippen LogP contribution in [-0.4, -0.2) is 16.7 Å². The molecule has 1 aromatic carbocycles. The summed E-state index contributed by atoms with van der Waals surface area (Å²) < 4.78 is 0. The Balaban J connectivity index is 2.87. The van der Waals surface area contributed by atoms with Gasteiger partial charge >= 0.3 is 0 Å². The van der Waals surface area contributed by atoms with Gasteiger partial charge in [0, 0.05) is 11.3 Å². The van der Waals surface area contributed by atoms with Crippen molar-refractivity contribution in [3.05, 3.63) is 47.2 Å². The molecule has 0 radical (unpaired) electrons. The molecule has 18 heavy (non-hydrogen) atoms. The van der Waals surface area contributed by atoms with Crippen LogP contribution in [0.15, 0.2) is 41.6 Å². The minimum absolute atomic E-state index is 0.0522. The molecule has 0 fully saturated rings. The molecule has 0 aliphatic carbocycles. The van der Waals surface area contributed by atoms with Gasteiger partial charge in [0.05, 0.1) is 5.57 Å². The quantitative estimate of drug-likeness (QED) is 0.640. The third-order valence-corrected chi connectivity index (χ3v) is 2.54. The molecular formula is C13H14N2O2S. The number of benzene rings is 1. The van der Waals surface area contributed by atoms with Crippen molar-refractivity contribution in [1.29, 1.82) is 0 Å². The molecule has 1 aromatic rings. The van der Waals surface area contributed by atoms with E-state index in [9.17, 15) is 9.59 Å². The Kier molecular flexibility index (Phi) is 4.74. The average molecular weight is 262 g/mol. The number of nitrogens with two attached hydrogens (primary N) is 1. The normalized spacial score (nSPS) is 11.4. The summed E-state index contributed by atoms with van der Waals surface area (Å²) in [5.74, 6) is -0.631. The van der Waals surface area contributed by atoms with Gasteiger partial charge in [-0.05, 0) is 26.0 Å². The maximum absolute atomic E-state index is 11.8. The zero-order valence-corrected chi connectivity index (χ0v) is 11.0. The fourth-order valence-electron chi connectivity index (χ4n) is 1.44. The number of carbonyl (C=O) groups is 2. The van der Waals surface area contributed by atoms with Crippen LogP contribution in [0.3, 0.4) is 0 Å². The predicted molar refractivity (Wildman–Crippen MR) is 74.1 cm³/mol. The van der Waals surface area contributed by atoms with Crippen molar-refractivity contribution in [1.82, 2.24) is 5.32 Å². The van der Waals surface area contributed by atoms with Crippen LogP contribution < -0.4 is 11.1 Å². The highest BCUT2D eigenvalue weighted by Crippen LogP contribution is 2.04. The number of nitrogens with one attached hydrogen (secondary N) is 1. The SMILES string of the molecule is CC(=O)/C(C(=S)NC(=O)c1ccccc1)=C(\C)N. The Hall–Kier alpha value is -2.01. The van der Waals surface area contributed by atoms with Crippen molar-refractivity contribution < 1.29 is 9.59 Å². The van der Waals surface area contributed by atoms with E-state index in [4.69, 9.17) is 18.0 Å². The molecule has 0 heterocycles. The van der Waals surface area contributed by atoms with E-state index in [2.05, 4.69) is 5.32 Å². The van der Waals surface area contributed by atoms with E-state index in [0.717, 1.165) is 0 Å². The van der Waals surface area contributed by atoms with Gasteiger partial charge in [0.2, 0.25) is 0 Å². The number of thiocarbonyl (C=S) groups is 1. The molecule has 94 valence electrons. The van der Waals surface area contributed by atoms with Crippen LogP contribution in [0.25, 0.3) is 0 Å². The van der Waals surface area contributed by atoms with Crippen molar-refractivity contribution in [2.75, 3.05) is 0 Å². The van der Waals surface area contributed by atoms with E-state index in [1.807, 2.05) is 0 Å². The van der Waals surface area contributed by atoms with Crippen LogP contribution in [0.4, 0.5) is 0 Å². The molecule has 0 spiro atoms. The molecule has 0 aliphatic heterocycles. The zero-order valence-electron chi connectivity index (χ0n) is 10.2. The van der Waals surface area contributed by atoms with Gasteiger partial charge in [-0.15, -0.1) is 0 Å². The smallest absolute Gasteiger partial charge is 0.256 e. The third kappa shape index (κ3) is 3.49. The number of hydrogen-bond donors (Lipinski definition) is 2. The van der Waals surface area contributed by atoms with Crippen LogP contribution >= 0.6 is 12.2 Å². The monoisotopic (exact) mass is 262 g/mol. The van der Waals surface area contributed by atoms with Gasteiger partial charge in [-0.3, -0.25) is 9.59 Å². The first-order valence-electron chi connectivity index (χ1n) is 5.31. The summed E-state index contributed by atoms with van der Waals surface area (Å²) in [6.07, 6.45) is 0. The van der Waals surface area contributed by atoms with Gasteiger partial charge in [0.1, 0.15) is 4.99 Å². The van der Waals surface area contributed by atoms with Crippen LogP contribution in [0, 0.1) is 0 Å². The highest BCUT2D eigenvalue weighted by atomic mass is 32.1. The van der Waals surface area contributed by atoms with E-state index >= 15 is 0 Å². The van der Waals surface area contributed by atoms with Crippen LogP contribution in [0.1, 0.15) is 24.2 Å². The molecule has 5 heteroatoms. The number of Topliss-reactive ketones (excluding diaryl/α,β-unsaturated/α-hetero) is 1. The lowest BCUT2D eigenvalue weighted by Gasteiger charge is -2.09. The Morgan fingerprint density at radius 1 is 1.17 bits per heavy atom. The van der Waals surface area contributed by atoms with E-state index < -0.39 is 0 Å². The zero-order chi connectivity index (χ0) is 13.7. The topological polar surface area (TPSA) is 72.2 Å². The molecular weight excluding hydrogens is 248 g/mol. The molecule has 0 saturated heterocycles. The van der Waals surface area contributed by atoms with E-state index in [-0.39, 0.29) is 22.3 Å². The van der Waals surface area contributed by atoms with Gasteiger partial charge in [-0.1, -0.05) is 30.4 Å². The largest absolute Gasteiger partial charge is 0.402 e. The molecule has 0 saturated carbocycles. The number of allylic oxidation sites excluding steroid dienone is 1. The summed E-state index contributed by atoms with van der Waals surface area (Å²) in [4.78, 5) is 23.3. The molecule has 1 rings (SSSR count). The maximum Gasteiger partial charge on any atom is 0.256 e. The lowest BCUT2D eigenvalue weighted by molar-refractivity contribution is -0.113. The van der Waals surface area contributed by atoms with Gasteiger partial charge in [0.15, 0.2) is 5.78 Å². The van der Waals surface area contributed by atoms with Crippen molar-refractivity contribution >= 4 is 28.9 Å². The van der Waals surface area contributed by atoms with Crippen molar-refractivity contribution in [2.45, 2.75) is 13.8 Å². The fourth-order valence-corrected chi connectivity index (χ4v) is 1.84. The Morgan fingerprint density at radius 2 is 1.72 bits per heavy atom. The van der Waals surface area contributed by atoms with Crippen LogP contribution in [0.5, 0.6) is 0 Å². The predicted octanol–water partition coefficient (Wildman–Crippen LogP) is 1.57. The minimum Gasteiger partial charge on any atom is -0.402 e. The minimum atomic E-state index is -0.361. The number of rotatable bonds is 3. The lowest BCUT2D eigenvalue weighted by Crippen LogP contribution is -2.33. The summed E-state index contributed by atoms with van der Waals surface area (Å²) in [5.41, 5.74) is 6.51. The molecule has 4 nitrogen and oxygen atoms in total. The first-order chi connectivity index (χ1) is 8.43. The third-order valence-electron chi connectivity index (χ3n) is 2.24. The second-order valence-electron chi connectivity index (χ2n) is 3.76. The Labute approximate surface area is 111 Å². The second-order valence-corrected chi connectivity index (χ2v) is 4.17. The summed E-state index contributed by atoms with van der Waals surface area (Å²) in [5, 5.41) is 2.49. The van der Waals surface area contributed by atoms with Crippen molar-refractivity contribution in [3.8, 4) is 0 Å². The van der Waals surface area contributed by atoms with Gasteiger partial charge in [-0.25, -0.2) is 0 Å². The van der Waals surface area contributed by atoms with E-state index in [1.165, 1.54) is 6.92 Å². The first-order valence-corrected chi connectivity index (χ1v) is 5.72. The fraction of sp³-hybridized carbons (Fsp3) is 0.154. The Bertz CT molecular complexity index is 517. The maximum atomic E-state index is 11.8. The average Bonchev–Trinajstić information content (AvgIpc) is 2.28. The molecule has 0 bridgehead atoms. The Morgan fingerprint density at radius 3 is 2.17 bits per heavy atom. The van der Waals surface area contributed by atoms with E-state index in [1.54, 1.807) is 37.3 Å². The summed E-state index contributed by atoms with van der Waals surface area (Å²) in [6, 6.07) is 8.61. The van der Waals surface area contributed by atoms with Gasteiger partial charge in [0.25, 0.3) is 5.91 Å². The van der Waals surface area contributed by atoms with Crippen molar-refractivity contribution in [3.63, 3.8) is 0 Å². The first kappa shape index (κ1) is 14.1. The molecule has 0 aliphatic rings. The van der Waals surface area contributed by atoms with E-state index in [0.29, 0.717) is 11.3 Å². The van der Waals surface area contributed by atoms with Gasteiger partial charge in [-0.2, -0.15) is 0 Å². The molecule has 0 atom stereocenters. The molecule has 0 aromatic heterocycles. The highest BCUT2D eigenvalue weighted by molar-refractivity contribution is 7.81. The van der Waals surface area contributed by atoms with Crippen molar-refractivity contribution in [2.24, 2.45) is 5.73 Å². The molecule has 0 unspecified atom stereocenters. The summed E-state index contributed by atoms with van der Waals surface area (Å²) in [6.45, 7) is 2.92. The van der Waals surface area contributed by atoms with Gasteiger partial charge < -0.3 is 11.1 Å². The lowest BCUT2D eigenvalue weighted by atomic mass is 10.1. The van der Waals surface area contributed by atoms with Crippen LogP contribution in [-0.2, 0) is 4.79 Å². The summed E-state index contributed by atoms with van der Waals surface area (Å²) >= 11 is 5.01. The molecule has 1 amide bonds.